The van der Waals surface area contributed by atoms with Crippen molar-refractivity contribution in [1.82, 2.24) is 14.4 Å². The van der Waals surface area contributed by atoms with Gasteiger partial charge in [0.2, 0.25) is 0 Å². The van der Waals surface area contributed by atoms with Crippen molar-refractivity contribution in [1.29, 1.82) is 0 Å². The molecule has 0 aliphatic rings. The van der Waals surface area contributed by atoms with Crippen molar-refractivity contribution in [3.05, 3.63) is 67.1 Å². The highest BCUT2D eigenvalue weighted by Gasteiger charge is 2.21. The number of nitrogens with zero attached hydrogens (tertiary/aromatic N) is 4. The number of rotatable bonds is 7. The van der Waals surface area contributed by atoms with Crippen LogP contribution in [0.5, 0.6) is 0 Å². The standard InChI is InChI=1S/C27H30FN5O3/c1-27(2,3)36-26(35)32(4)24-11-9-20(14-30-24)18-5-7-19(8-6-18)23-17-33-16-21(10-12-25(33)31-23)29-15-22(34)13-28/h5-12,14,16-17,22,29,34H,13,15H2,1-4H3. The molecule has 1 atom stereocenters. The first-order chi connectivity index (χ1) is 17.1. The van der Waals surface area contributed by atoms with Gasteiger partial charge >= 0.3 is 6.09 Å². The number of halogens is 1. The van der Waals surface area contributed by atoms with Crippen molar-refractivity contribution in [2.24, 2.45) is 0 Å². The number of carbonyl (C=O) groups excluding carboxylic acids is 1. The predicted octanol–water partition coefficient (Wildman–Crippen LogP) is 5.18. The number of imidazole rings is 1. The van der Waals surface area contributed by atoms with E-state index in [1.165, 1.54) is 4.90 Å². The number of benzene rings is 1. The second-order valence-electron chi connectivity index (χ2n) is 9.52. The summed E-state index contributed by atoms with van der Waals surface area (Å²) in [6.45, 7) is 4.82. The van der Waals surface area contributed by atoms with Gasteiger partial charge < -0.3 is 19.6 Å². The summed E-state index contributed by atoms with van der Waals surface area (Å²) in [5, 5.41) is 12.4. The molecule has 3 heterocycles. The molecule has 0 saturated carbocycles. The summed E-state index contributed by atoms with van der Waals surface area (Å²) in [7, 11) is 1.63. The number of aliphatic hydroxyl groups is 1. The third-order valence-electron chi connectivity index (χ3n) is 5.44. The molecular weight excluding hydrogens is 461 g/mol. The smallest absolute Gasteiger partial charge is 0.415 e. The predicted molar refractivity (Wildman–Crippen MR) is 139 cm³/mol. The molecule has 4 rings (SSSR count). The first-order valence-corrected chi connectivity index (χ1v) is 11.6. The van der Waals surface area contributed by atoms with Gasteiger partial charge in [-0.25, -0.2) is 19.2 Å². The van der Waals surface area contributed by atoms with Crippen LogP contribution in [0.15, 0.2) is 67.1 Å². The van der Waals surface area contributed by atoms with Gasteiger partial charge in [0, 0.05) is 43.3 Å². The number of aliphatic hydroxyl groups excluding tert-OH is 1. The van der Waals surface area contributed by atoms with E-state index in [1.807, 2.05) is 80.0 Å². The molecule has 0 spiro atoms. The highest BCUT2D eigenvalue weighted by molar-refractivity contribution is 5.86. The van der Waals surface area contributed by atoms with E-state index >= 15 is 0 Å². The number of carbonyl (C=O) groups is 1. The van der Waals surface area contributed by atoms with Crippen LogP contribution in [0.2, 0.25) is 0 Å². The van der Waals surface area contributed by atoms with Crippen molar-refractivity contribution in [3.8, 4) is 22.4 Å². The maximum atomic E-state index is 12.5. The van der Waals surface area contributed by atoms with Crippen molar-refractivity contribution in [2.45, 2.75) is 32.5 Å². The molecule has 188 valence electrons. The Morgan fingerprint density at radius 3 is 2.42 bits per heavy atom. The fraction of sp³-hybridized carbons (Fsp3) is 0.296. The van der Waals surface area contributed by atoms with E-state index in [1.54, 1.807) is 19.3 Å². The molecule has 3 aromatic heterocycles. The Morgan fingerprint density at radius 2 is 1.78 bits per heavy atom. The second-order valence-corrected chi connectivity index (χ2v) is 9.52. The summed E-state index contributed by atoms with van der Waals surface area (Å²) >= 11 is 0. The molecule has 2 N–H and O–H groups in total. The Morgan fingerprint density at radius 1 is 1.08 bits per heavy atom. The molecular formula is C27H30FN5O3. The number of pyridine rings is 2. The Hall–Kier alpha value is -3.98. The molecule has 1 amide bonds. The third-order valence-corrected chi connectivity index (χ3v) is 5.44. The summed E-state index contributed by atoms with van der Waals surface area (Å²) in [5.41, 5.74) is 4.65. The van der Waals surface area contributed by atoms with Crippen molar-refractivity contribution in [2.75, 3.05) is 30.5 Å². The van der Waals surface area contributed by atoms with Crippen LogP contribution in [-0.2, 0) is 4.74 Å². The number of anilines is 2. The molecule has 0 aliphatic heterocycles. The number of alkyl halides is 1. The average molecular weight is 492 g/mol. The lowest BCUT2D eigenvalue weighted by Crippen LogP contribution is -2.34. The summed E-state index contributed by atoms with van der Waals surface area (Å²) < 4.78 is 19.7. The van der Waals surface area contributed by atoms with E-state index in [2.05, 4.69) is 15.3 Å². The fourth-order valence-corrected chi connectivity index (χ4v) is 3.54. The van der Waals surface area contributed by atoms with E-state index in [-0.39, 0.29) is 6.54 Å². The van der Waals surface area contributed by atoms with Gasteiger partial charge in [-0.3, -0.25) is 4.90 Å². The van der Waals surface area contributed by atoms with Crippen molar-refractivity contribution < 1.29 is 19.0 Å². The zero-order valence-corrected chi connectivity index (χ0v) is 20.8. The quantitative estimate of drug-likeness (QED) is 0.370. The number of hydrogen-bond donors (Lipinski definition) is 2. The van der Waals surface area contributed by atoms with E-state index < -0.39 is 24.5 Å². The summed E-state index contributed by atoms with van der Waals surface area (Å²) in [6.07, 6.45) is 4.01. The topological polar surface area (TPSA) is 92.0 Å². The molecule has 1 aromatic carbocycles. The Labute approximate surface area is 209 Å². The Bertz CT molecular complexity index is 1330. The van der Waals surface area contributed by atoms with Crippen LogP contribution in [0.4, 0.5) is 20.7 Å². The fourth-order valence-electron chi connectivity index (χ4n) is 3.54. The zero-order valence-electron chi connectivity index (χ0n) is 20.8. The minimum Gasteiger partial charge on any atom is -0.443 e. The first kappa shape index (κ1) is 25.1. The van der Waals surface area contributed by atoms with Crippen molar-refractivity contribution >= 4 is 23.2 Å². The SMILES string of the molecule is CN(C(=O)OC(C)(C)C)c1ccc(-c2ccc(-c3cn4cc(NCC(O)CF)ccc4n3)cc2)cn1. The Balaban J connectivity index is 1.46. The maximum Gasteiger partial charge on any atom is 0.415 e. The first-order valence-electron chi connectivity index (χ1n) is 11.6. The van der Waals surface area contributed by atoms with Gasteiger partial charge in [-0.15, -0.1) is 0 Å². The summed E-state index contributed by atoms with van der Waals surface area (Å²) in [4.78, 5) is 22.7. The molecule has 36 heavy (non-hydrogen) atoms. The van der Waals surface area contributed by atoms with E-state index in [9.17, 15) is 14.3 Å². The van der Waals surface area contributed by atoms with Crippen LogP contribution in [-0.4, -0.2) is 57.5 Å². The molecule has 0 bridgehead atoms. The van der Waals surface area contributed by atoms with Crippen LogP contribution < -0.4 is 10.2 Å². The Kier molecular flexibility index (Phi) is 7.21. The number of nitrogens with one attached hydrogen (secondary N) is 1. The van der Waals surface area contributed by atoms with Crippen LogP contribution >= 0.6 is 0 Å². The summed E-state index contributed by atoms with van der Waals surface area (Å²) in [6, 6.07) is 15.4. The largest absolute Gasteiger partial charge is 0.443 e. The zero-order chi connectivity index (χ0) is 25.9. The normalized spacial score (nSPS) is 12.4. The van der Waals surface area contributed by atoms with Gasteiger partial charge in [0.15, 0.2) is 0 Å². The number of aromatic nitrogens is 3. The second kappa shape index (κ2) is 10.3. The number of hydrogen-bond acceptors (Lipinski definition) is 6. The number of fused-ring (bicyclic) bond motifs is 1. The minimum absolute atomic E-state index is 0.137. The lowest BCUT2D eigenvalue weighted by Gasteiger charge is -2.24. The van der Waals surface area contributed by atoms with Crippen molar-refractivity contribution in [3.63, 3.8) is 0 Å². The molecule has 8 nitrogen and oxygen atoms in total. The van der Waals surface area contributed by atoms with E-state index in [4.69, 9.17) is 4.74 Å². The highest BCUT2D eigenvalue weighted by atomic mass is 19.1. The monoisotopic (exact) mass is 491 g/mol. The van der Waals surface area contributed by atoms with E-state index in [0.717, 1.165) is 33.7 Å². The van der Waals surface area contributed by atoms with Gasteiger partial charge in [0.25, 0.3) is 0 Å². The van der Waals surface area contributed by atoms with Gasteiger partial charge in [0.05, 0.1) is 17.5 Å². The van der Waals surface area contributed by atoms with Gasteiger partial charge in [-0.1, -0.05) is 24.3 Å². The molecule has 0 saturated heterocycles. The van der Waals surface area contributed by atoms with E-state index in [0.29, 0.717) is 5.82 Å². The van der Waals surface area contributed by atoms with Crippen LogP contribution in [0.1, 0.15) is 20.8 Å². The minimum atomic E-state index is -1.03. The van der Waals surface area contributed by atoms with Gasteiger partial charge in [-0.05, 0) is 50.6 Å². The molecule has 9 heteroatoms. The average Bonchev–Trinajstić information content (AvgIpc) is 3.29. The number of amides is 1. The lowest BCUT2D eigenvalue weighted by atomic mass is 10.0. The molecule has 0 fully saturated rings. The van der Waals surface area contributed by atoms with Gasteiger partial charge in [0.1, 0.15) is 23.7 Å². The maximum absolute atomic E-state index is 12.5. The molecule has 0 aliphatic carbocycles. The molecule has 1 unspecified atom stereocenters. The highest BCUT2D eigenvalue weighted by Crippen LogP contribution is 2.26. The number of ether oxygens (including phenoxy) is 1. The summed E-state index contributed by atoms with van der Waals surface area (Å²) in [5.74, 6) is 0.502. The molecule has 0 radical (unpaired) electrons. The van der Waals surface area contributed by atoms with Crippen LogP contribution in [0.25, 0.3) is 28.0 Å². The van der Waals surface area contributed by atoms with Crippen LogP contribution in [0.3, 0.4) is 0 Å². The third kappa shape index (κ3) is 5.98. The molecule has 4 aromatic rings. The van der Waals surface area contributed by atoms with Crippen LogP contribution in [0, 0.1) is 0 Å². The lowest BCUT2D eigenvalue weighted by molar-refractivity contribution is 0.0588. The van der Waals surface area contributed by atoms with Gasteiger partial charge in [-0.2, -0.15) is 0 Å².